The number of fused-ring (bicyclic) bond motifs is 1. The van der Waals surface area contributed by atoms with E-state index in [1.807, 2.05) is 41.4 Å². The average molecular weight is 558 g/mol. The standard InChI is InChI=1S/C34H43N3O2S/c1-22-19-23(2)35-33(39-21-26-9-6-5-7-10-26)29(22)20-37-18-15-30-31(34(37)38)25(4)32(40-30)24(3)27-11-13-28(14-12-27)36-16-8-17-36/h5-7,9-10,19,24,27-28H,8,11-18,20-21H2,1-4H3/t24-,27-,28-/m1/s1. The predicted octanol–water partition coefficient (Wildman–Crippen LogP) is 7.21. The summed E-state index contributed by atoms with van der Waals surface area (Å²) in [5.41, 5.74) is 6.38. The average Bonchev–Trinajstić information content (AvgIpc) is 3.27. The number of ether oxygens (including phenoxy) is 1. The summed E-state index contributed by atoms with van der Waals surface area (Å²) in [4.78, 5) is 26.1. The van der Waals surface area contributed by atoms with Crippen molar-refractivity contribution in [1.29, 1.82) is 0 Å². The Balaban J connectivity index is 1.17. The van der Waals surface area contributed by atoms with Gasteiger partial charge in [-0.05, 0) is 101 Å². The van der Waals surface area contributed by atoms with Crippen molar-refractivity contribution < 1.29 is 9.53 Å². The number of carbonyl (C=O) groups is 1. The number of pyridine rings is 1. The number of amides is 1. The summed E-state index contributed by atoms with van der Waals surface area (Å²) in [6.07, 6.45) is 7.61. The van der Waals surface area contributed by atoms with E-state index in [9.17, 15) is 4.79 Å². The smallest absolute Gasteiger partial charge is 0.255 e. The maximum Gasteiger partial charge on any atom is 0.255 e. The summed E-state index contributed by atoms with van der Waals surface area (Å²) in [6, 6.07) is 13.1. The molecule has 1 saturated carbocycles. The number of thiophene rings is 1. The van der Waals surface area contributed by atoms with E-state index in [0.29, 0.717) is 24.9 Å². The van der Waals surface area contributed by atoms with Crippen LogP contribution in [-0.2, 0) is 19.6 Å². The van der Waals surface area contributed by atoms with Gasteiger partial charge in [0.25, 0.3) is 5.91 Å². The number of aromatic nitrogens is 1. The third-order valence-electron chi connectivity index (χ3n) is 9.64. The van der Waals surface area contributed by atoms with Crippen LogP contribution >= 0.6 is 11.3 Å². The molecular formula is C34H43N3O2S. The third-order valence-corrected chi connectivity index (χ3v) is 11.2. The first kappa shape index (κ1) is 27.5. The molecule has 212 valence electrons. The second-order valence-electron chi connectivity index (χ2n) is 12.3. The van der Waals surface area contributed by atoms with Crippen molar-refractivity contribution in [3.8, 4) is 5.88 Å². The maximum absolute atomic E-state index is 13.9. The van der Waals surface area contributed by atoms with Gasteiger partial charge >= 0.3 is 0 Å². The molecule has 6 rings (SSSR count). The lowest BCUT2D eigenvalue weighted by atomic mass is 9.77. The Kier molecular flexibility index (Phi) is 8.00. The van der Waals surface area contributed by atoms with E-state index in [1.54, 1.807) is 0 Å². The van der Waals surface area contributed by atoms with Crippen LogP contribution in [0.15, 0.2) is 36.4 Å². The molecule has 1 atom stereocenters. The van der Waals surface area contributed by atoms with Gasteiger partial charge in [-0.1, -0.05) is 37.3 Å². The van der Waals surface area contributed by atoms with Gasteiger partial charge in [0, 0.05) is 40.0 Å². The molecule has 0 N–H and O–H groups in total. The van der Waals surface area contributed by atoms with Crippen LogP contribution < -0.4 is 4.74 Å². The molecule has 40 heavy (non-hydrogen) atoms. The van der Waals surface area contributed by atoms with Gasteiger partial charge in [0.1, 0.15) is 6.61 Å². The Hall–Kier alpha value is -2.70. The van der Waals surface area contributed by atoms with Crippen LogP contribution in [0.1, 0.15) is 93.0 Å². The van der Waals surface area contributed by atoms with E-state index < -0.39 is 0 Å². The Morgan fingerprint density at radius 2 is 1.80 bits per heavy atom. The van der Waals surface area contributed by atoms with Crippen molar-refractivity contribution in [2.75, 3.05) is 19.6 Å². The minimum atomic E-state index is 0.170. The summed E-state index contributed by atoms with van der Waals surface area (Å²) in [5, 5.41) is 0. The highest BCUT2D eigenvalue weighted by Crippen LogP contribution is 2.44. The molecule has 2 aromatic heterocycles. The number of aryl methyl sites for hydroxylation is 2. The Labute approximate surface area is 243 Å². The Morgan fingerprint density at radius 1 is 1.05 bits per heavy atom. The van der Waals surface area contributed by atoms with Crippen molar-refractivity contribution in [1.82, 2.24) is 14.8 Å². The van der Waals surface area contributed by atoms with Crippen molar-refractivity contribution >= 4 is 17.2 Å². The van der Waals surface area contributed by atoms with Crippen molar-refractivity contribution in [2.45, 2.75) is 91.3 Å². The molecule has 2 aliphatic heterocycles. The Bertz CT molecular complexity index is 1360. The minimum Gasteiger partial charge on any atom is -0.473 e. The number of nitrogens with zero attached hydrogens (tertiary/aromatic N) is 3. The number of hydrogen-bond donors (Lipinski definition) is 0. The molecule has 2 fully saturated rings. The molecule has 1 amide bonds. The second-order valence-corrected chi connectivity index (χ2v) is 13.4. The maximum atomic E-state index is 13.9. The topological polar surface area (TPSA) is 45.7 Å². The summed E-state index contributed by atoms with van der Waals surface area (Å²) in [7, 11) is 0. The summed E-state index contributed by atoms with van der Waals surface area (Å²) in [5.74, 6) is 2.07. The predicted molar refractivity (Wildman–Crippen MR) is 162 cm³/mol. The van der Waals surface area contributed by atoms with Gasteiger partial charge in [-0.25, -0.2) is 4.98 Å². The lowest BCUT2D eigenvalue weighted by molar-refractivity contribution is 0.0725. The molecule has 0 radical (unpaired) electrons. The molecular weight excluding hydrogens is 514 g/mol. The van der Waals surface area contributed by atoms with Gasteiger partial charge in [0.15, 0.2) is 0 Å². The highest BCUT2D eigenvalue weighted by Gasteiger charge is 2.35. The zero-order valence-corrected chi connectivity index (χ0v) is 25.4. The fourth-order valence-electron chi connectivity index (χ4n) is 7.07. The Morgan fingerprint density at radius 3 is 2.50 bits per heavy atom. The summed E-state index contributed by atoms with van der Waals surface area (Å²) in [6.45, 7) is 13.1. The van der Waals surface area contributed by atoms with Gasteiger partial charge in [0.05, 0.1) is 12.1 Å². The molecule has 4 heterocycles. The van der Waals surface area contributed by atoms with Gasteiger partial charge in [-0.2, -0.15) is 0 Å². The van der Waals surface area contributed by atoms with Crippen LogP contribution in [0.2, 0.25) is 0 Å². The van der Waals surface area contributed by atoms with Crippen LogP contribution in [0.4, 0.5) is 0 Å². The molecule has 3 aromatic rings. The quantitative estimate of drug-likeness (QED) is 0.294. The molecule has 0 bridgehead atoms. The van der Waals surface area contributed by atoms with E-state index in [4.69, 9.17) is 9.72 Å². The van der Waals surface area contributed by atoms with E-state index >= 15 is 0 Å². The lowest BCUT2D eigenvalue weighted by Gasteiger charge is -2.43. The zero-order valence-electron chi connectivity index (χ0n) is 24.5. The highest BCUT2D eigenvalue weighted by molar-refractivity contribution is 7.12. The molecule has 5 nitrogen and oxygen atoms in total. The molecule has 0 unspecified atom stereocenters. The fraction of sp³-hybridized carbons (Fsp3) is 0.529. The second kappa shape index (κ2) is 11.7. The van der Waals surface area contributed by atoms with E-state index in [1.165, 1.54) is 60.5 Å². The van der Waals surface area contributed by atoms with Crippen molar-refractivity contribution in [3.05, 3.63) is 79.7 Å². The third kappa shape index (κ3) is 5.45. The SMILES string of the molecule is Cc1cc(C)c(CN2CCc3sc([C@H](C)[C@H]4CC[C@H](N5CCC5)CC4)c(C)c3C2=O)c(OCc2ccccc2)n1. The van der Waals surface area contributed by atoms with Crippen LogP contribution in [-0.4, -0.2) is 46.4 Å². The van der Waals surface area contributed by atoms with E-state index in [2.05, 4.69) is 43.9 Å². The van der Waals surface area contributed by atoms with Crippen molar-refractivity contribution in [2.24, 2.45) is 5.92 Å². The largest absolute Gasteiger partial charge is 0.473 e. The normalized spacial score (nSPS) is 22.1. The van der Waals surface area contributed by atoms with Crippen LogP contribution in [0.25, 0.3) is 0 Å². The fourth-order valence-corrected chi connectivity index (χ4v) is 8.51. The molecule has 0 spiro atoms. The highest BCUT2D eigenvalue weighted by atomic mass is 32.1. The first-order chi connectivity index (χ1) is 19.4. The van der Waals surface area contributed by atoms with Gasteiger partial charge in [0.2, 0.25) is 5.88 Å². The number of hydrogen-bond acceptors (Lipinski definition) is 5. The van der Waals surface area contributed by atoms with Crippen LogP contribution in [0.5, 0.6) is 5.88 Å². The molecule has 1 saturated heterocycles. The molecule has 1 aromatic carbocycles. The zero-order chi connectivity index (χ0) is 27.8. The van der Waals surface area contributed by atoms with E-state index in [-0.39, 0.29) is 5.91 Å². The molecule has 1 aliphatic carbocycles. The monoisotopic (exact) mass is 557 g/mol. The van der Waals surface area contributed by atoms with Gasteiger partial charge in [-0.15, -0.1) is 11.3 Å². The number of likely N-dealkylation sites (tertiary alicyclic amines) is 1. The van der Waals surface area contributed by atoms with Crippen LogP contribution in [0, 0.1) is 26.7 Å². The molecule has 6 heteroatoms. The first-order valence-electron chi connectivity index (χ1n) is 15.2. The lowest BCUT2D eigenvalue weighted by Crippen LogP contribution is -2.46. The number of rotatable bonds is 8. The summed E-state index contributed by atoms with van der Waals surface area (Å²) >= 11 is 1.92. The first-order valence-corrected chi connectivity index (χ1v) is 16.0. The molecule has 3 aliphatic rings. The van der Waals surface area contributed by atoms with Crippen molar-refractivity contribution in [3.63, 3.8) is 0 Å². The van der Waals surface area contributed by atoms with E-state index in [0.717, 1.165) is 52.9 Å². The van der Waals surface area contributed by atoms with Gasteiger partial charge in [-0.3, -0.25) is 4.79 Å². The number of carbonyl (C=O) groups excluding carboxylic acids is 1. The minimum absolute atomic E-state index is 0.170. The number of benzene rings is 1. The van der Waals surface area contributed by atoms with Crippen LogP contribution in [0.3, 0.4) is 0 Å². The summed E-state index contributed by atoms with van der Waals surface area (Å²) < 4.78 is 6.24. The van der Waals surface area contributed by atoms with Gasteiger partial charge < -0.3 is 14.5 Å².